The van der Waals surface area contributed by atoms with Gasteiger partial charge < -0.3 is 5.32 Å². The van der Waals surface area contributed by atoms with Gasteiger partial charge >= 0.3 is 0 Å². The van der Waals surface area contributed by atoms with E-state index >= 15 is 0 Å². The van der Waals surface area contributed by atoms with Crippen molar-refractivity contribution in [3.8, 4) is 12.3 Å². The van der Waals surface area contributed by atoms with E-state index < -0.39 is 0 Å². The first kappa shape index (κ1) is 9.08. The van der Waals surface area contributed by atoms with E-state index in [0.29, 0.717) is 18.9 Å². The second-order valence-corrected chi connectivity index (χ2v) is 3.14. The van der Waals surface area contributed by atoms with Crippen molar-refractivity contribution in [2.75, 3.05) is 26.7 Å². The largest absolute Gasteiger partial charge is 0.359 e. The van der Waals surface area contributed by atoms with Gasteiger partial charge in [0.25, 0.3) is 0 Å². The maximum Gasteiger partial charge on any atom is 0.220 e. The molecule has 0 atom stereocenters. The molecule has 0 aromatic rings. The first-order valence-corrected chi connectivity index (χ1v) is 4.12. The third-order valence-electron chi connectivity index (χ3n) is 2.10. The average Bonchev–Trinajstić information content (AvgIpc) is 2.00. The molecule has 0 aliphatic carbocycles. The number of amides is 1. The zero-order chi connectivity index (χ0) is 8.97. The van der Waals surface area contributed by atoms with Crippen molar-refractivity contribution < 1.29 is 4.79 Å². The Morgan fingerprint density at radius 3 is 2.92 bits per heavy atom. The van der Waals surface area contributed by atoms with E-state index in [4.69, 9.17) is 6.42 Å². The van der Waals surface area contributed by atoms with E-state index in [-0.39, 0.29) is 5.91 Å². The summed E-state index contributed by atoms with van der Waals surface area (Å²) in [6.07, 6.45) is 5.78. The Morgan fingerprint density at radius 1 is 1.75 bits per heavy atom. The number of nitrogens with one attached hydrogen (secondary N) is 1. The van der Waals surface area contributed by atoms with Crippen LogP contribution in [-0.2, 0) is 4.79 Å². The van der Waals surface area contributed by atoms with Crippen LogP contribution in [0.3, 0.4) is 0 Å². The van der Waals surface area contributed by atoms with Crippen LogP contribution in [0.5, 0.6) is 0 Å². The van der Waals surface area contributed by atoms with Crippen LogP contribution in [0.2, 0.25) is 0 Å². The van der Waals surface area contributed by atoms with E-state index in [1.807, 2.05) is 0 Å². The van der Waals surface area contributed by atoms with Gasteiger partial charge in [0.2, 0.25) is 5.91 Å². The molecule has 1 aliphatic rings. The van der Waals surface area contributed by atoms with Crippen LogP contribution >= 0.6 is 0 Å². The predicted octanol–water partition coefficient (Wildman–Crippen LogP) is -0.312. The van der Waals surface area contributed by atoms with Gasteiger partial charge in [0.1, 0.15) is 0 Å². The number of carbonyl (C=O) groups is 1. The van der Waals surface area contributed by atoms with Crippen LogP contribution in [0, 0.1) is 18.3 Å². The van der Waals surface area contributed by atoms with Crippen molar-refractivity contribution in [2.24, 2.45) is 5.92 Å². The molecular formula is C9H14N2O. The summed E-state index contributed by atoms with van der Waals surface area (Å²) in [6, 6.07) is 0. The molecular weight excluding hydrogens is 152 g/mol. The molecule has 1 rings (SSSR count). The fourth-order valence-corrected chi connectivity index (χ4v) is 1.43. The van der Waals surface area contributed by atoms with Crippen molar-refractivity contribution in [1.29, 1.82) is 0 Å². The molecule has 0 aromatic heterocycles. The summed E-state index contributed by atoms with van der Waals surface area (Å²) in [4.78, 5) is 13.1. The van der Waals surface area contributed by atoms with Gasteiger partial charge in [0, 0.05) is 26.6 Å². The van der Waals surface area contributed by atoms with Gasteiger partial charge in [-0.2, -0.15) is 0 Å². The van der Waals surface area contributed by atoms with E-state index in [9.17, 15) is 4.79 Å². The van der Waals surface area contributed by atoms with E-state index in [1.165, 1.54) is 0 Å². The molecule has 0 bridgehead atoms. The molecule has 1 fully saturated rings. The molecule has 1 amide bonds. The smallest absolute Gasteiger partial charge is 0.220 e. The highest BCUT2D eigenvalue weighted by Crippen LogP contribution is 2.17. The monoisotopic (exact) mass is 166 g/mol. The van der Waals surface area contributed by atoms with Crippen LogP contribution in [0.25, 0.3) is 0 Å². The van der Waals surface area contributed by atoms with Crippen molar-refractivity contribution in [3.05, 3.63) is 0 Å². The Morgan fingerprint density at radius 2 is 2.42 bits per heavy atom. The molecule has 1 heterocycles. The molecule has 0 saturated carbocycles. The van der Waals surface area contributed by atoms with E-state index in [1.54, 1.807) is 7.05 Å². The standard InChI is InChI=1S/C9H14N2O/c1-3-4-11-6-8(7-11)5-9(12)10-2/h1,8H,4-7H2,2H3,(H,10,12). The minimum absolute atomic E-state index is 0.125. The summed E-state index contributed by atoms with van der Waals surface area (Å²) in [5, 5.41) is 2.61. The summed E-state index contributed by atoms with van der Waals surface area (Å²) in [5.74, 6) is 3.22. The van der Waals surface area contributed by atoms with Crippen molar-refractivity contribution in [2.45, 2.75) is 6.42 Å². The molecule has 1 N–H and O–H groups in total. The lowest BCUT2D eigenvalue weighted by Gasteiger charge is -2.37. The SMILES string of the molecule is C#CCN1CC(CC(=O)NC)C1. The summed E-state index contributed by atoms with van der Waals surface area (Å²) in [5.41, 5.74) is 0. The number of hydrogen-bond acceptors (Lipinski definition) is 2. The number of hydrogen-bond donors (Lipinski definition) is 1. The Bertz CT molecular complexity index is 201. The van der Waals surface area contributed by atoms with Gasteiger partial charge in [-0.15, -0.1) is 6.42 Å². The number of terminal acetylenes is 1. The summed E-state index contributed by atoms with van der Waals surface area (Å²) < 4.78 is 0. The van der Waals surface area contributed by atoms with Crippen molar-refractivity contribution in [1.82, 2.24) is 10.2 Å². The molecule has 0 aromatic carbocycles. The maximum atomic E-state index is 10.9. The molecule has 66 valence electrons. The fraction of sp³-hybridized carbons (Fsp3) is 0.667. The number of likely N-dealkylation sites (tertiary alicyclic amines) is 1. The third-order valence-corrected chi connectivity index (χ3v) is 2.10. The van der Waals surface area contributed by atoms with Gasteiger partial charge in [-0.05, 0) is 5.92 Å². The molecule has 1 aliphatic heterocycles. The topological polar surface area (TPSA) is 32.3 Å². The lowest BCUT2D eigenvalue weighted by atomic mass is 9.96. The third kappa shape index (κ3) is 2.24. The number of nitrogens with zero attached hydrogens (tertiary/aromatic N) is 1. The molecule has 0 radical (unpaired) electrons. The van der Waals surface area contributed by atoms with Crippen LogP contribution in [0.15, 0.2) is 0 Å². The Labute approximate surface area is 73.1 Å². The fourth-order valence-electron chi connectivity index (χ4n) is 1.43. The first-order chi connectivity index (χ1) is 5.76. The Kier molecular flexibility index (Phi) is 3.12. The highest BCUT2D eigenvalue weighted by Gasteiger charge is 2.27. The van der Waals surface area contributed by atoms with Crippen molar-refractivity contribution >= 4 is 5.91 Å². The zero-order valence-corrected chi connectivity index (χ0v) is 7.34. The van der Waals surface area contributed by atoms with Crippen LogP contribution < -0.4 is 5.32 Å². The van der Waals surface area contributed by atoms with Crippen molar-refractivity contribution in [3.63, 3.8) is 0 Å². The van der Waals surface area contributed by atoms with Gasteiger partial charge in [0.05, 0.1) is 6.54 Å². The first-order valence-electron chi connectivity index (χ1n) is 4.12. The molecule has 0 spiro atoms. The van der Waals surface area contributed by atoms with Crippen LogP contribution in [0.4, 0.5) is 0 Å². The van der Waals surface area contributed by atoms with Gasteiger partial charge in [-0.1, -0.05) is 5.92 Å². The number of carbonyl (C=O) groups excluding carboxylic acids is 1. The minimum Gasteiger partial charge on any atom is -0.359 e. The average molecular weight is 166 g/mol. The Hall–Kier alpha value is -1.01. The van der Waals surface area contributed by atoms with E-state index in [0.717, 1.165) is 13.1 Å². The van der Waals surface area contributed by atoms with E-state index in [2.05, 4.69) is 16.1 Å². The molecule has 3 heteroatoms. The van der Waals surface area contributed by atoms with Crippen LogP contribution in [0.1, 0.15) is 6.42 Å². The lowest BCUT2D eigenvalue weighted by Crippen LogP contribution is -2.48. The molecule has 12 heavy (non-hydrogen) atoms. The second kappa shape index (κ2) is 4.13. The highest BCUT2D eigenvalue weighted by molar-refractivity contribution is 5.75. The van der Waals surface area contributed by atoms with Gasteiger partial charge in [-0.3, -0.25) is 9.69 Å². The zero-order valence-electron chi connectivity index (χ0n) is 7.34. The quantitative estimate of drug-likeness (QED) is 0.583. The molecule has 3 nitrogen and oxygen atoms in total. The Balaban J connectivity index is 2.10. The second-order valence-electron chi connectivity index (χ2n) is 3.14. The van der Waals surface area contributed by atoms with Crippen LogP contribution in [-0.4, -0.2) is 37.5 Å². The van der Waals surface area contributed by atoms with Gasteiger partial charge in [0.15, 0.2) is 0 Å². The number of rotatable bonds is 3. The predicted molar refractivity (Wildman–Crippen MR) is 47.4 cm³/mol. The summed E-state index contributed by atoms with van der Waals surface area (Å²) >= 11 is 0. The minimum atomic E-state index is 0.125. The maximum absolute atomic E-state index is 10.9. The summed E-state index contributed by atoms with van der Waals surface area (Å²) in [7, 11) is 1.67. The summed E-state index contributed by atoms with van der Waals surface area (Å²) in [6.45, 7) is 2.65. The molecule has 1 saturated heterocycles. The normalized spacial score (nSPS) is 18.0. The van der Waals surface area contributed by atoms with Gasteiger partial charge in [-0.25, -0.2) is 0 Å². The molecule has 0 unspecified atom stereocenters. The lowest BCUT2D eigenvalue weighted by molar-refractivity contribution is -0.122. The highest BCUT2D eigenvalue weighted by atomic mass is 16.1.